The Morgan fingerprint density at radius 3 is 2.29 bits per heavy atom. The number of amides is 1. The number of hydrogen-bond acceptors (Lipinski definition) is 4. The summed E-state index contributed by atoms with van der Waals surface area (Å²) in [4.78, 5) is 13.4. The summed E-state index contributed by atoms with van der Waals surface area (Å²) >= 11 is 1.56. The molecule has 0 atom stereocenters. The third kappa shape index (κ3) is 5.22. The molecule has 0 saturated heterocycles. The normalized spacial score (nSPS) is 16.8. The highest BCUT2D eigenvalue weighted by atomic mass is 32.2. The summed E-state index contributed by atoms with van der Waals surface area (Å²) in [5.41, 5.74) is 0. The summed E-state index contributed by atoms with van der Waals surface area (Å²) in [7, 11) is -2.19. The van der Waals surface area contributed by atoms with Crippen LogP contribution in [0.2, 0.25) is 0 Å². The van der Waals surface area contributed by atoms with E-state index in [1.807, 2.05) is 6.26 Å². The minimum absolute atomic E-state index is 0.150. The largest absolute Gasteiger partial charge is 0.352 e. The van der Waals surface area contributed by atoms with Crippen LogP contribution in [0.1, 0.15) is 38.5 Å². The zero-order valence-electron chi connectivity index (χ0n) is 14.3. The number of rotatable bonds is 6. The quantitative estimate of drug-likeness (QED) is 0.618. The lowest BCUT2D eigenvalue weighted by Crippen LogP contribution is -2.42. The van der Waals surface area contributed by atoms with Crippen molar-refractivity contribution in [3.8, 4) is 0 Å². The van der Waals surface area contributed by atoms with Crippen LogP contribution in [0.5, 0.6) is 0 Å². The van der Waals surface area contributed by atoms with Crippen molar-refractivity contribution in [3.05, 3.63) is 24.3 Å². The first kappa shape index (κ1) is 19.3. The van der Waals surface area contributed by atoms with E-state index in [0.29, 0.717) is 0 Å². The molecule has 0 bridgehead atoms. The standard InChI is InChI=1S/C17H26N2O3S2/c1-19(13-17(20)18-14-7-5-3-4-6-8-14)24(21,22)16-11-9-15(23-2)10-12-16/h9-12,14H,3-8,13H2,1-2H3,(H,18,20). The molecule has 0 aromatic heterocycles. The topological polar surface area (TPSA) is 66.5 Å². The molecule has 24 heavy (non-hydrogen) atoms. The Balaban J connectivity index is 1.96. The number of hydrogen-bond donors (Lipinski definition) is 1. The molecular formula is C17H26N2O3S2. The van der Waals surface area contributed by atoms with E-state index >= 15 is 0 Å². The van der Waals surface area contributed by atoms with Gasteiger partial charge in [-0.3, -0.25) is 4.79 Å². The molecule has 1 N–H and O–H groups in total. The van der Waals surface area contributed by atoms with Crippen molar-refractivity contribution >= 4 is 27.7 Å². The van der Waals surface area contributed by atoms with E-state index in [0.717, 1.165) is 34.9 Å². The van der Waals surface area contributed by atoms with E-state index in [1.165, 1.54) is 19.9 Å². The highest BCUT2D eigenvalue weighted by Gasteiger charge is 2.24. The van der Waals surface area contributed by atoms with Gasteiger partial charge < -0.3 is 5.32 Å². The van der Waals surface area contributed by atoms with Gasteiger partial charge in [-0.15, -0.1) is 11.8 Å². The lowest BCUT2D eigenvalue weighted by atomic mass is 10.1. The lowest BCUT2D eigenvalue weighted by Gasteiger charge is -2.20. The summed E-state index contributed by atoms with van der Waals surface area (Å²) in [6.07, 6.45) is 8.59. The molecule has 1 aliphatic rings. The van der Waals surface area contributed by atoms with Crippen LogP contribution in [0.4, 0.5) is 0 Å². The molecule has 0 aliphatic heterocycles. The fourth-order valence-electron chi connectivity index (χ4n) is 2.91. The Morgan fingerprint density at radius 2 is 1.75 bits per heavy atom. The molecule has 1 aliphatic carbocycles. The number of carbonyl (C=O) groups excluding carboxylic acids is 1. The maximum absolute atomic E-state index is 12.6. The minimum Gasteiger partial charge on any atom is -0.352 e. The number of sulfonamides is 1. The molecule has 5 nitrogen and oxygen atoms in total. The lowest BCUT2D eigenvalue weighted by molar-refractivity contribution is -0.121. The fraction of sp³-hybridized carbons (Fsp3) is 0.588. The predicted molar refractivity (Wildman–Crippen MR) is 97.7 cm³/mol. The molecule has 0 radical (unpaired) electrons. The summed E-state index contributed by atoms with van der Waals surface area (Å²) in [6.45, 7) is -0.150. The Labute approximate surface area is 149 Å². The van der Waals surface area contributed by atoms with Crippen molar-refractivity contribution in [2.24, 2.45) is 0 Å². The second-order valence-corrected chi connectivity index (χ2v) is 9.12. The van der Waals surface area contributed by atoms with Gasteiger partial charge in [-0.2, -0.15) is 4.31 Å². The van der Waals surface area contributed by atoms with Crippen molar-refractivity contribution in [1.29, 1.82) is 0 Å². The molecule has 1 aromatic rings. The van der Waals surface area contributed by atoms with Crippen molar-refractivity contribution < 1.29 is 13.2 Å². The number of nitrogens with zero attached hydrogens (tertiary/aromatic N) is 1. The predicted octanol–water partition coefficient (Wildman–Crippen LogP) is 2.87. The van der Waals surface area contributed by atoms with E-state index in [4.69, 9.17) is 0 Å². The van der Waals surface area contributed by atoms with Gasteiger partial charge in [0.1, 0.15) is 0 Å². The maximum Gasteiger partial charge on any atom is 0.243 e. The molecular weight excluding hydrogens is 344 g/mol. The highest BCUT2D eigenvalue weighted by Crippen LogP contribution is 2.20. The minimum atomic E-state index is -3.64. The van der Waals surface area contributed by atoms with E-state index in [-0.39, 0.29) is 23.4 Å². The van der Waals surface area contributed by atoms with Crippen LogP contribution >= 0.6 is 11.8 Å². The zero-order chi connectivity index (χ0) is 17.6. The van der Waals surface area contributed by atoms with Crippen LogP contribution in [0.15, 0.2) is 34.1 Å². The molecule has 1 amide bonds. The van der Waals surface area contributed by atoms with Crippen LogP contribution < -0.4 is 5.32 Å². The number of thioether (sulfide) groups is 1. The SMILES string of the molecule is CSc1ccc(S(=O)(=O)N(C)CC(=O)NC2CCCCCC2)cc1. The molecule has 1 fully saturated rings. The molecule has 134 valence electrons. The summed E-state index contributed by atoms with van der Waals surface area (Å²) < 4.78 is 26.2. The third-order valence-corrected chi connectivity index (χ3v) is 6.92. The average Bonchev–Trinajstić information content (AvgIpc) is 2.83. The Hall–Kier alpha value is -1.05. The van der Waals surface area contributed by atoms with Gasteiger partial charge in [-0.25, -0.2) is 8.42 Å². The van der Waals surface area contributed by atoms with Crippen LogP contribution in [-0.2, 0) is 14.8 Å². The number of likely N-dealkylation sites (N-methyl/N-ethyl adjacent to an activating group) is 1. The Morgan fingerprint density at radius 1 is 1.17 bits per heavy atom. The van der Waals surface area contributed by atoms with Crippen molar-refractivity contribution in [1.82, 2.24) is 9.62 Å². The fourth-order valence-corrected chi connectivity index (χ4v) is 4.45. The van der Waals surface area contributed by atoms with Gasteiger partial charge in [-0.1, -0.05) is 25.7 Å². The summed E-state index contributed by atoms with van der Waals surface area (Å²) in [5.74, 6) is -0.228. The van der Waals surface area contributed by atoms with Gasteiger partial charge >= 0.3 is 0 Å². The average molecular weight is 371 g/mol. The van der Waals surface area contributed by atoms with Gasteiger partial charge in [0, 0.05) is 18.0 Å². The maximum atomic E-state index is 12.6. The molecule has 0 unspecified atom stereocenters. The van der Waals surface area contributed by atoms with E-state index in [1.54, 1.807) is 36.0 Å². The van der Waals surface area contributed by atoms with E-state index < -0.39 is 10.0 Å². The smallest absolute Gasteiger partial charge is 0.243 e. The summed E-state index contributed by atoms with van der Waals surface area (Å²) in [5, 5.41) is 2.98. The highest BCUT2D eigenvalue weighted by molar-refractivity contribution is 7.98. The first-order chi connectivity index (χ1) is 11.4. The van der Waals surface area contributed by atoms with Gasteiger partial charge in [0.25, 0.3) is 0 Å². The van der Waals surface area contributed by atoms with Crippen LogP contribution in [0.25, 0.3) is 0 Å². The van der Waals surface area contributed by atoms with E-state index in [9.17, 15) is 13.2 Å². The number of nitrogens with one attached hydrogen (secondary N) is 1. The third-order valence-electron chi connectivity index (χ3n) is 4.35. The van der Waals surface area contributed by atoms with Gasteiger partial charge in [0.15, 0.2) is 0 Å². The van der Waals surface area contributed by atoms with Crippen LogP contribution in [-0.4, -0.2) is 44.5 Å². The van der Waals surface area contributed by atoms with E-state index in [2.05, 4.69) is 5.32 Å². The molecule has 2 rings (SSSR count). The van der Waals surface area contributed by atoms with Crippen LogP contribution in [0.3, 0.4) is 0 Å². The molecule has 1 aromatic carbocycles. The van der Waals surface area contributed by atoms with Crippen molar-refractivity contribution in [3.63, 3.8) is 0 Å². The monoisotopic (exact) mass is 370 g/mol. The second kappa shape index (κ2) is 8.87. The molecule has 0 heterocycles. The Kier molecular flexibility index (Phi) is 7.13. The van der Waals surface area contributed by atoms with Crippen molar-refractivity contribution in [2.45, 2.75) is 54.4 Å². The van der Waals surface area contributed by atoms with Gasteiger partial charge in [-0.05, 0) is 43.4 Å². The van der Waals surface area contributed by atoms with Crippen molar-refractivity contribution in [2.75, 3.05) is 19.8 Å². The number of benzene rings is 1. The van der Waals surface area contributed by atoms with Gasteiger partial charge in [0.2, 0.25) is 15.9 Å². The molecule has 1 saturated carbocycles. The Bertz CT molecular complexity index is 636. The zero-order valence-corrected chi connectivity index (χ0v) is 16.0. The molecule has 7 heteroatoms. The van der Waals surface area contributed by atoms with Gasteiger partial charge in [0.05, 0.1) is 11.4 Å². The first-order valence-corrected chi connectivity index (χ1v) is 11.0. The summed E-state index contributed by atoms with van der Waals surface area (Å²) in [6, 6.07) is 6.90. The number of carbonyl (C=O) groups is 1. The molecule has 0 spiro atoms. The second-order valence-electron chi connectivity index (χ2n) is 6.19. The van der Waals surface area contributed by atoms with Crippen LogP contribution in [0, 0.1) is 0 Å². The first-order valence-electron chi connectivity index (χ1n) is 8.33.